The van der Waals surface area contributed by atoms with E-state index in [1.54, 1.807) is 14.2 Å². The van der Waals surface area contributed by atoms with E-state index in [0.717, 1.165) is 28.4 Å². The number of rotatable bonds is 6. The highest BCUT2D eigenvalue weighted by atomic mass is 16.5. The topological polar surface area (TPSA) is 89.6 Å². The molecule has 5 rings (SSSR count). The van der Waals surface area contributed by atoms with Crippen LogP contribution in [0.1, 0.15) is 5.56 Å². The third kappa shape index (κ3) is 6.42. The number of methoxy groups -OCH3 is 2. The van der Waals surface area contributed by atoms with Gasteiger partial charge in [-0.2, -0.15) is 0 Å². The summed E-state index contributed by atoms with van der Waals surface area (Å²) < 4.78 is 11.0. The smallest absolute Gasteiger partial charge is 0.321 e. The Hall–Kier alpha value is -4.60. The van der Waals surface area contributed by atoms with Crippen molar-refractivity contribution in [1.82, 2.24) is 9.80 Å². The van der Waals surface area contributed by atoms with Gasteiger partial charge in [0.2, 0.25) is 0 Å². The summed E-state index contributed by atoms with van der Waals surface area (Å²) in [5, 5.41) is 6.05. The van der Waals surface area contributed by atoms with Gasteiger partial charge in [0.1, 0.15) is 11.5 Å². The first kappa shape index (κ1) is 27.9. The second-order valence-electron chi connectivity index (χ2n) is 10.2. The molecule has 10 nitrogen and oxygen atoms in total. The SMILES string of the molecule is COc1ccccc1N1CCN(C(=O)Nc2ccc(C)c(NC(=O)N3CCN(c4ccccc4OC)CC3)c2)CC1. The number of piperazine rings is 2. The molecular weight excluding hydrogens is 520 g/mol. The number of carbonyl (C=O) groups is 2. The number of carbonyl (C=O) groups excluding carboxylic acids is 2. The summed E-state index contributed by atoms with van der Waals surface area (Å²) in [5.74, 6) is 1.66. The van der Waals surface area contributed by atoms with Gasteiger partial charge in [0.05, 0.1) is 25.6 Å². The summed E-state index contributed by atoms with van der Waals surface area (Å²) in [5.41, 5.74) is 4.32. The number of anilines is 4. The number of urea groups is 2. The van der Waals surface area contributed by atoms with Crippen LogP contribution in [0, 0.1) is 6.92 Å². The highest BCUT2D eigenvalue weighted by Gasteiger charge is 2.25. The van der Waals surface area contributed by atoms with Gasteiger partial charge in [-0.25, -0.2) is 9.59 Å². The standard InChI is InChI=1S/C31H38N6O4/c1-23-12-13-24(32-30(38)36-18-14-34(15-19-36)26-8-4-6-10-28(26)40-2)22-25(23)33-31(39)37-20-16-35(17-21-37)27-9-5-7-11-29(27)41-3/h4-13,22H,14-21H2,1-3H3,(H,32,38)(H,33,39). The van der Waals surface area contributed by atoms with Crippen molar-refractivity contribution in [2.24, 2.45) is 0 Å². The van der Waals surface area contributed by atoms with Crippen LogP contribution in [-0.4, -0.2) is 88.4 Å². The van der Waals surface area contributed by atoms with E-state index in [-0.39, 0.29) is 12.1 Å². The van der Waals surface area contributed by atoms with Gasteiger partial charge in [0.25, 0.3) is 0 Å². The Balaban J connectivity index is 1.14. The molecule has 0 bridgehead atoms. The molecule has 2 N–H and O–H groups in total. The van der Waals surface area contributed by atoms with Crippen LogP contribution in [-0.2, 0) is 0 Å². The Kier molecular flexibility index (Phi) is 8.67. The molecule has 0 spiro atoms. The van der Waals surface area contributed by atoms with Gasteiger partial charge in [-0.15, -0.1) is 0 Å². The van der Waals surface area contributed by atoms with Crippen LogP contribution in [0.2, 0.25) is 0 Å². The van der Waals surface area contributed by atoms with Gasteiger partial charge in [-0.3, -0.25) is 0 Å². The molecule has 10 heteroatoms. The van der Waals surface area contributed by atoms with Gasteiger partial charge >= 0.3 is 12.1 Å². The molecule has 3 aromatic rings. The minimum atomic E-state index is -0.154. The molecule has 0 atom stereocenters. The number of ether oxygens (including phenoxy) is 2. The maximum absolute atomic E-state index is 13.1. The van der Waals surface area contributed by atoms with Crippen molar-refractivity contribution >= 4 is 34.8 Å². The van der Waals surface area contributed by atoms with E-state index in [4.69, 9.17) is 9.47 Å². The van der Waals surface area contributed by atoms with Crippen LogP contribution in [0.3, 0.4) is 0 Å². The second kappa shape index (κ2) is 12.7. The van der Waals surface area contributed by atoms with Crippen LogP contribution in [0.5, 0.6) is 11.5 Å². The predicted molar refractivity (Wildman–Crippen MR) is 163 cm³/mol. The van der Waals surface area contributed by atoms with Gasteiger partial charge in [0, 0.05) is 63.7 Å². The molecule has 0 saturated carbocycles. The average Bonchev–Trinajstić information content (AvgIpc) is 3.02. The van der Waals surface area contributed by atoms with E-state index < -0.39 is 0 Å². The first-order valence-electron chi connectivity index (χ1n) is 13.9. The summed E-state index contributed by atoms with van der Waals surface area (Å²) in [6.07, 6.45) is 0. The van der Waals surface area contributed by atoms with Gasteiger partial charge in [0.15, 0.2) is 0 Å². The number of hydrogen-bond acceptors (Lipinski definition) is 6. The second-order valence-corrected chi connectivity index (χ2v) is 10.2. The Bertz CT molecular complexity index is 1370. The highest BCUT2D eigenvalue weighted by molar-refractivity contribution is 5.94. The molecule has 0 aromatic heterocycles. The molecule has 2 aliphatic heterocycles. The van der Waals surface area contributed by atoms with E-state index in [1.165, 1.54) is 0 Å². The van der Waals surface area contributed by atoms with Crippen molar-refractivity contribution in [3.8, 4) is 11.5 Å². The van der Waals surface area contributed by atoms with Crippen molar-refractivity contribution in [3.63, 3.8) is 0 Å². The minimum Gasteiger partial charge on any atom is -0.495 e. The zero-order valence-electron chi connectivity index (χ0n) is 23.9. The van der Waals surface area contributed by atoms with Gasteiger partial charge in [-0.05, 0) is 48.9 Å². The number of nitrogens with zero attached hydrogens (tertiary/aromatic N) is 4. The Morgan fingerprint density at radius 1 is 0.634 bits per heavy atom. The number of para-hydroxylation sites is 4. The third-order valence-corrected chi connectivity index (χ3v) is 7.72. The molecule has 0 unspecified atom stereocenters. The van der Waals surface area contributed by atoms with Gasteiger partial charge < -0.3 is 39.7 Å². The Morgan fingerprint density at radius 2 is 1.10 bits per heavy atom. The summed E-state index contributed by atoms with van der Waals surface area (Å²) in [6, 6.07) is 21.2. The quantitative estimate of drug-likeness (QED) is 0.455. The number of benzene rings is 3. The van der Waals surface area contributed by atoms with E-state index in [2.05, 4.69) is 20.4 Å². The highest BCUT2D eigenvalue weighted by Crippen LogP contribution is 2.30. The van der Waals surface area contributed by atoms with E-state index >= 15 is 0 Å². The molecule has 0 aliphatic carbocycles. The molecule has 0 radical (unpaired) electrons. The van der Waals surface area contributed by atoms with Crippen molar-refractivity contribution in [3.05, 3.63) is 72.3 Å². The number of aryl methyl sites for hydroxylation is 1. The molecule has 2 fully saturated rings. The van der Waals surface area contributed by atoms with Crippen LogP contribution >= 0.6 is 0 Å². The molecular formula is C31H38N6O4. The van der Waals surface area contributed by atoms with Crippen molar-refractivity contribution in [2.75, 3.05) is 87.0 Å². The fourth-order valence-electron chi connectivity index (χ4n) is 5.31. The van der Waals surface area contributed by atoms with E-state index in [0.29, 0.717) is 63.7 Å². The zero-order valence-corrected chi connectivity index (χ0v) is 23.9. The van der Waals surface area contributed by atoms with Crippen LogP contribution in [0.15, 0.2) is 66.7 Å². The lowest BCUT2D eigenvalue weighted by atomic mass is 10.1. The molecule has 4 amide bonds. The summed E-state index contributed by atoms with van der Waals surface area (Å²) in [7, 11) is 3.34. The first-order chi connectivity index (χ1) is 20.0. The predicted octanol–water partition coefficient (Wildman–Crippen LogP) is 4.72. The Morgan fingerprint density at radius 3 is 1.59 bits per heavy atom. The fourth-order valence-corrected chi connectivity index (χ4v) is 5.31. The van der Waals surface area contributed by atoms with Crippen LogP contribution in [0.4, 0.5) is 32.3 Å². The van der Waals surface area contributed by atoms with E-state index in [9.17, 15) is 9.59 Å². The number of amides is 4. The summed E-state index contributed by atoms with van der Waals surface area (Å²) in [4.78, 5) is 34.3. The lowest BCUT2D eigenvalue weighted by molar-refractivity contribution is 0.207. The van der Waals surface area contributed by atoms with Crippen molar-refractivity contribution in [2.45, 2.75) is 6.92 Å². The number of nitrogens with one attached hydrogen (secondary N) is 2. The lowest BCUT2D eigenvalue weighted by Crippen LogP contribution is -2.50. The lowest BCUT2D eigenvalue weighted by Gasteiger charge is -2.36. The zero-order chi connectivity index (χ0) is 28.8. The van der Waals surface area contributed by atoms with Crippen molar-refractivity contribution < 1.29 is 19.1 Å². The van der Waals surface area contributed by atoms with Crippen molar-refractivity contribution in [1.29, 1.82) is 0 Å². The van der Waals surface area contributed by atoms with Crippen LogP contribution in [0.25, 0.3) is 0 Å². The minimum absolute atomic E-state index is 0.149. The Labute approximate surface area is 241 Å². The maximum atomic E-state index is 13.1. The molecule has 2 saturated heterocycles. The molecule has 2 aliphatic rings. The normalized spacial score (nSPS) is 15.4. The monoisotopic (exact) mass is 558 g/mol. The summed E-state index contributed by atoms with van der Waals surface area (Å²) >= 11 is 0. The van der Waals surface area contributed by atoms with E-state index in [1.807, 2.05) is 83.5 Å². The fraction of sp³-hybridized carbons (Fsp3) is 0.355. The molecule has 216 valence electrons. The largest absolute Gasteiger partial charge is 0.495 e. The van der Waals surface area contributed by atoms with Gasteiger partial charge in [-0.1, -0.05) is 30.3 Å². The third-order valence-electron chi connectivity index (χ3n) is 7.72. The molecule has 2 heterocycles. The average molecular weight is 559 g/mol. The maximum Gasteiger partial charge on any atom is 0.321 e. The van der Waals surface area contributed by atoms with Crippen LogP contribution < -0.4 is 29.9 Å². The summed E-state index contributed by atoms with van der Waals surface area (Å²) in [6.45, 7) is 7.19. The number of hydrogen-bond donors (Lipinski definition) is 2. The molecule has 3 aromatic carbocycles. The molecule has 41 heavy (non-hydrogen) atoms. The first-order valence-corrected chi connectivity index (χ1v) is 13.9.